The van der Waals surface area contributed by atoms with E-state index in [-0.39, 0.29) is 17.2 Å². The van der Waals surface area contributed by atoms with Gasteiger partial charge < -0.3 is 5.32 Å². The molecule has 4 heteroatoms. The first-order valence-electron chi connectivity index (χ1n) is 7.29. The summed E-state index contributed by atoms with van der Waals surface area (Å²) in [5.74, 6) is 0.197. The van der Waals surface area contributed by atoms with Crippen molar-refractivity contribution in [3.05, 3.63) is 0 Å². The van der Waals surface area contributed by atoms with Crippen LogP contribution in [0.25, 0.3) is 0 Å². The van der Waals surface area contributed by atoms with Crippen molar-refractivity contribution < 1.29 is 9.59 Å². The molecule has 1 unspecified atom stereocenters. The molecule has 0 aromatic carbocycles. The van der Waals surface area contributed by atoms with E-state index >= 15 is 0 Å². The van der Waals surface area contributed by atoms with Crippen LogP contribution in [0.3, 0.4) is 0 Å². The van der Waals surface area contributed by atoms with E-state index in [1.165, 1.54) is 12.8 Å². The lowest BCUT2D eigenvalue weighted by Crippen LogP contribution is -2.37. The summed E-state index contributed by atoms with van der Waals surface area (Å²) in [5.41, 5.74) is -0.291. The van der Waals surface area contributed by atoms with Crippen LogP contribution in [0.4, 0.5) is 0 Å². The molecule has 3 rings (SSSR count). The minimum atomic E-state index is -0.291. The number of likely N-dealkylation sites (tertiary alicyclic amines) is 1. The number of hydrogen-bond donors (Lipinski definition) is 1. The van der Waals surface area contributed by atoms with Gasteiger partial charge in [0.15, 0.2) is 0 Å². The quantitative estimate of drug-likeness (QED) is 0.771. The van der Waals surface area contributed by atoms with Crippen molar-refractivity contribution in [3.63, 3.8) is 0 Å². The largest absolute Gasteiger partial charge is 0.314 e. The third kappa shape index (κ3) is 1.96. The van der Waals surface area contributed by atoms with E-state index in [1.807, 2.05) is 0 Å². The summed E-state index contributed by atoms with van der Waals surface area (Å²) < 4.78 is 0. The first-order chi connectivity index (χ1) is 8.71. The van der Waals surface area contributed by atoms with Gasteiger partial charge in [-0.2, -0.15) is 0 Å². The average molecular weight is 250 g/mol. The molecule has 3 fully saturated rings. The molecule has 1 N–H and O–H groups in total. The van der Waals surface area contributed by atoms with Gasteiger partial charge in [0.05, 0.1) is 5.41 Å². The first-order valence-corrected chi connectivity index (χ1v) is 7.29. The van der Waals surface area contributed by atoms with Crippen molar-refractivity contribution in [2.24, 2.45) is 5.41 Å². The Kier molecular flexibility index (Phi) is 3.14. The molecule has 2 saturated heterocycles. The Morgan fingerprint density at radius 3 is 2.67 bits per heavy atom. The number of amides is 2. The molecular weight excluding hydrogens is 228 g/mol. The Balaban J connectivity index is 1.61. The second kappa shape index (κ2) is 4.65. The number of carbonyl (C=O) groups is 2. The Morgan fingerprint density at radius 1 is 1.22 bits per heavy atom. The maximum absolute atomic E-state index is 12.4. The summed E-state index contributed by atoms with van der Waals surface area (Å²) >= 11 is 0. The summed E-state index contributed by atoms with van der Waals surface area (Å²) in [7, 11) is 0. The number of carbonyl (C=O) groups excluding carboxylic acids is 2. The maximum Gasteiger partial charge on any atom is 0.235 e. The lowest BCUT2D eigenvalue weighted by atomic mass is 9.84. The van der Waals surface area contributed by atoms with Crippen LogP contribution in [0.1, 0.15) is 51.4 Å². The fourth-order valence-corrected chi connectivity index (χ4v) is 3.82. The molecule has 0 bridgehead atoms. The molecule has 0 aromatic rings. The highest BCUT2D eigenvalue weighted by Crippen LogP contribution is 2.46. The molecule has 2 amide bonds. The molecule has 4 nitrogen and oxygen atoms in total. The second-order valence-corrected chi connectivity index (χ2v) is 6.10. The van der Waals surface area contributed by atoms with Gasteiger partial charge in [-0.15, -0.1) is 0 Å². The lowest BCUT2D eigenvalue weighted by molar-refractivity contribution is -0.141. The molecule has 1 spiro atoms. The molecule has 0 aromatic heterocycles. The molecule has 3 aliphatic rings. The molecule has 2 heterocycles. The highest BCUT2D eigenvalue weighted by atomic mass is 16.2. The maximum atomic E-state index is 12.4. The smallest absolute Gasteiger partial charge is 0.235 e. The SMILES string of the molecule is O=C1CC2(CCCC2)C(=O)N1CCC1CCCN1. The molecule has 1 atom stereocenters. The van der Waals surface area contributed by atoms with Gasteiger partial charge in [-0.3, -0.25) is 14.5 Å². The Labute approximate surface area is 108 Å². The van der Waals surface area contributed by atoms with E-state index in [0.29, 0.717) is 19.0 Å². The van der Waals surface area contributed by atoms with E-state index in [4.69, 9.17) is 0 Å². The lowest BCUT2D eigenvalue weighted by Gasteiger charge is -2.22. The van der Waals surface area contributed by atoms with Crippen LogP contribution in [0.15, 0.2) is 0 Å². The van der Waals surface area contributed by atoms with Crippen LogP contribution in [0, 0.1) is 5.41 Å². The van der Waals surface area contributed by atoms with Crippen LogP contribution in [-0.4, -0.2) is 35.8 Å². The Morgan fingerprint density at radius 2 is 2.00 bits per heavy atom. The van der Waals surface area contributed by atoms with E-state index in [9.17, 15) is 9.59 Å². The molecule has 0 radical (unpaired) electrons. The molecule has 1 aliphatic carbocycles. The highest BCUT2D eigenvalue weighted by Gasteiger charge is 2.52. The van der Waals surface area contributed by atoms with Gasteiger partial charge >= 0.3 is 0 Å². The number of hydrogen-bond acceptors (Lipinski definition) is 3. The fourth-order valence-electron chi connectivity index (χ4n) is 3.82. The summed E-state index contributed by atoms with van der Waals surface area (Å²) in [6.45, 7) is 1.70. The summed E-state index contributed by atoms with van der Waals surface area (Å²) in [6.07, 6.45) is 7.87. The molecule has 100 valence electrons. The third-order valence-electron chi connectivity index (χ3n) is 4.91. The predicted molar refractivity (Wildman–Crippen MR) is 67.9 cm³/mol. The van der Waals surface area contributed by atoms with Crippen molar-refractivity contribution in [2.75, 3.05) is 13.1 Å². The molecule has 18 heavy (non-hydrogen) atoms. The highest BCUT2D eigenvalue weighted by molar-refractivity contribution is 6.06. The van der Waals surface area contributed by atoms with Gasteiger partial charge in [0, 0.05) is 19.0 Å². The van der Waals surface area contributed by atoms with Crippen molar-refractivity contribution in [1.82, 2.24) is 10.2 Å². The van der Waals surface area contributed by atoms with Crippen LogP contribution in [0.2, 0.25) is 0 Å². The van der Waals surface area contributed by atoms with Gasteiger partial charge in [0.25, 0.3) is 0 Å². The van der Waals surface area contributed by atoms with E-state index < -0.39 is 0 Å². The summed E-state index contributed by atoms with van der Waals surface area (Å²) in [4.78, 5) is 26.0. The Bertz CT molecular complexity index is 355. The third-order valence-corrected chi connectivity index (χ3v) is 4.91. The van der Waals surface area contributed by atoms with Gasteiger partial charge in [0.1, 0.15) is 0 Å². The zero-order valence-corrected chi connectivity index (χ0v) is 10.9. The minimum absolute atomic E-state index is 0.0693. The van der Waals surface area contributed by atoms with Crippen LogP contribution in [-0.2, 0) is 9.59 Å². The van der Waals surface area contributed by atoms with Crippen molar-refractivity contribution in [3.8, 4) is 0 Å². The number of nitrogens with one attached hydrogen (secondary N) is 1. The average Bonchev–Trinajstić information content (AvgIpc) is 3.03. The zero-order valence-electron chi connectivity index (χ0n) is 10.9. The first kappa shape index (κ1) is 12.2. The number of imide groups is 1. The van der Waals surface area contributed by atoms with Crippen LogP contribution >= 0.6 is 0 Å². The molecule has 2 aliphatic heterocycles. The topological polar surface area (TPSA) is 49.4 Å². The van der Waals surface area contributed by atoms with Gasteiger partial charge in [0.2, 0.25) is 11.8 Å². The minimum Gasteiger partial charge on any atom is -0.314 e. The van der Waals surface area contributed by atoms with Gasteiger partial charge in [-0.1, -0.05) is 12.8 Å². The second-order valence-electron chi connectivity index (χ2n) is 6.10. The predicted octanol–water partition coefficient (Wildman–Crippen LogP) is 1.45. The van der Waals surface area contributed by atoms with Crippen LogP contribution < -0.4 is 5.32 Å². The summed E-state index contributed by atoms with van der Waals surface area (Å²) in [6, 6.07) is 0.505. The van der Waals surface area contributed by atoms with Crippen LogP contribution in [0.5, 0.6) is 0 Å². The van der Waals surface area contributed by atoms with Crippen molar-refractivity contribution in [2.45, 2.75) is 57.4 Å². The van der Waals surface area contributed by atoms with Crippen molar-refractivity contribution >= 4 is 11.8 Å². The van der Waals surface area contributed by atoms with Gasteiger partial charge in [-0.25, -0.2) is 0 Å². The Hall–Kier alpha value is -0.900. The van der Waals surface area contributed by atoms with Gasteiger partial charge in [-0.05, 0) is 38.6 Å². The normalized spacial score (nSPS) is 30.9. The molecule has 1 saturated carbocycles. The molecular formula is C14H22N2O2. The fraction of sp³-hybridized carbons (Fsp3) is 0.857. The van der Waals surface area contributed by atoms with Crippen molar-refractivity contribution in [1.29, 1.82) is 0 Å². The number of rotatable bonds is 3. The number of nitrogens with zero attached hydrogens (tertiary/aromatic N) is 1. The standard InChI is InChI=1S/C14H22N2O2/c17-12-10-14(6-1-2-7-14)13(18)16(12)9-5-11-4-3-8-15-11/h11,15H,1-10H2. The van der Waals surface area contributed by atoms with E-state index in [1.54, 1.807) is 4.90 Å². The summed E-state index contributed by atoms with van der Waals surface area (Å²) in [5, 5.41) is 3.42. The van der Waals surface area contributed by atoms with E-state index in [2.05, 4.69) is 5.32 Å². The zero-order chi connectivity index (χ0) is 12.6. The van der Waals surface area contributed by atoms with E-state index in [0.717, 1.165) is 38.6 Å². The monoisotopic (exact) mass is 250 g/mol.